The van der Waals surface area contributed by atoms with Crippen LogP contribution in [-0.2, 0) is 4.79 Å². The lowest BCUT2D eigenvalue weighted by atomic mass is 10.2. The zero-order valence-electron chi connectivity index (χ0n) is 8.46. The van der Waals surface area contributed by atoms with Crippen LogP contribution in [0, 0.1) is 5.88 Å². The number of carbonyl (C=O) groups excluding carboxylic acids is 1. The van der Waals surface area contributed by atoms with Crippen molar-refractivity contribution in [3.63, 3.8) is 0 Å². The van der Waals surface area contributed by atoms with Gasteiger partial charge in [0, 0.05) is 18.3 Å². The second-order valence-electron chi connectivity index (χ2n) is 3.59. The monoisotopic (exact) mass is 229 g/mol. The van der Waals surface area contributed by atoms with E-state index in [0.29, 0.717) is 6.42 Å². The molecule has 0 fully saturated rings. The minimum absolute atomic E-state index is 0.0695. The average molecular weight is 229 g/mol. The van der Waals surface area contributed by atoms with Crippen molar-refractivity contribution in [2.24, 2.45) is 4.99 Å². The summed E-state index contributed by atoms with van der Waals surface area (Å²) in [5, 5.41) is 3.82. The van der Waals surface area contributed by atoms with Crippen molar-refractivity contribution < 1.29 is 4.79 Å². The van der Waals surface area contributed by atoms with Gasteiger partial charge in [0.1, 0.15) is 5.88 Å². The van der Waals surface area contributed by atoms with Crippen LogP contribution < -0.4 is 15.5 Å². The Morgan fingerprint density at radius 1 is 1.38 bits per heavy atom. The summed E-state index contributed by atoms with van der Waals surface area (Å²) in [6, 6.07) is 5.98. The Morgan fingerprint density at radius 2 is 2.31 bits per heavy atom. The number of hydrogen-bond donors (Lipinski definition) is 0. The zero-order valence-corrected chi connectivity index (χ0v) is 9.28. The minimum atomic E-state index is -0.0695. The fraction of sp³-hybridized carbons (Fsp3) is 0.0833. The number of anilines is 1. The number of benzene rings is 1. The first kappa shape index (κ1) is 9.66. The molecule has 0 bridgehead atoms. The van der Waals surface area contributed by atoms with E-state index in [1.165, 1.54) is 0 Å². The van der Waals surface area contributed by atoms with Gasteiger partial charge >= 0.3 is 0 Å². The van der Waals surface area contributed by atoms with Crippen LogP contribution >= 0.6 is 11.8 Å². The Morgan fingerprint density at radius 3 is 3.12 bits per heavy atom. The molecule has 3 nitrogen and oxygen atoms in total. The zero-order chi connectivity index (χ0) is 11.0. The Labute approximate surface area is 97.2 Å². The Balaban J connectivity index is 2.11. The van der Waals surface area contributed by atoms with Gasteiger partial charge in [0.25, 0.3) is 0 Å². The molecule has 0 spiro atoms. The number of amides is 1. The van der Waals surface area contributed by atoms with Crippen molar-refractivity contribution in [1.29, 1.82) is 0 Å². The molecule has 0 aliphatic carbocycles. The topological polar surface area (TPSA) is 32.7 Å². The van der Waals surface area contributed by atoms with Gasteiger partial charge in [-0.1, -0.05) is 12.1 Å². The van der Waals surface area contributed by atoms with Gasteiger partial charge in [0.15, 0.2) is 0 Å². The van der Waals surface area contributed by atoms with Crippen molar-refractivity contribution in [3.05, 3.63) is 46.3 Å². The van der Waals surface area contributed by atoms with E-state index in [1.807, 2.05) is 46.7 Å². The molecular formula is C12H9N2OS. The highest BCUT2D eigenvalue weighted by atomic mass is 32.2. The molecule has 1 aromatic rings. The van der Waals surface area contributed by atoms with Crippen molar-refractivity contribution in [3.8, 4) is 0 Å². The third-order valence-corrected chi connectivity index (χ3v) is 3.16. The summed E-state index contributed by atoms with van der Waals surface area (Å²) in [6.45, 7) is 0. The first-order valence-electron chi connectivity index (χ1n) is 4.98. The molecule has 0 aromatic heterocycles. The van der Waals surface area contributed by atoms with Crippen LogP contribution in [0.3, 0.4) is 0 Å². The highest BCUT2D eigenvalue weighted by Gasteiger charge is 2.09. The molecule has 0 unspecified atom stereocenters. The van der Waals surface area contributed by atoms with Crippen molar-refractivity contribution in [2.75, 3.05) is 4.90 Å². The Hall–Kier alpha value is -1.55. The molecule has 4 heteroatoms. The SMILES string of the molecule is O=C1CC=c2ccc(N3[CH]SC=C3)cc2=N1. The first-order chi connectivity index (χ1) is 7.83. The fourth-order valence-corrected chi connectivity index (χ4v) is 2.32. The van der Waals surface area contributed by atoms with Gasteiger partial charge in [-0.3, -0.25) is 4.79 Å². The molecule has 3 rings (SSSR count). The molecule has 0 saturated carbocycles. The lowest BCUT2D eigenvalue weighted by molar-refractivity contribution is -0.117. The summed E-state index contributed by atoms with van der Waals surface area (Å²) in [7, 11) is 0. The van der Waals surface area contributed by atoms with Crippen molar-refractivity contribution >= 4 is 29.4 Å². The maximum atomic E-state index is 11.2. The summed E-state index contributed by atoms with van der Waals surface area (Å²) in [5.74, 6) is 1.94. The summed E-state index contributed by atoms with van der Waals surface area (Å²) in [5.41, 5.74) is 1.03. The normalized spacial score (nSPS) is 18.0. The molecule has 0 N–H and O–H groups in total. The van der Waals surface area contributed by atoms with E-state index >= 15 is 0 Å². The van der Waals surface area contributed by atoms with Gasteiger partial charge in [-0.2, -0.15) is 0 Å². The number of rotatable bonds is 1. The maximum Gasteiger partial charge on any atom is 0.250 e. The standard InChI is InChI=1S/C12H9N2OS/c15-12-4-2-9-1-3-10(7-11(9)13-12)14-5-6-16-8-14/h1-3,5-8H,4H2. The number of thioether (sulfide) groups is 1. The smallest absolute Gasteiger partial charge is 0.250 e. The van der Waals surface area contributed by atoms with Gasteiger partial charge in [-0.25, -0.2) is 4.99 Å². The second-order valence-corrected chi connectivity index (χ2v) is 4.35. The van der Waals surface area contributed by atoms with Gasteiger partial charge in [-0.15, -0.1) is 11.8 Å². The minimum Gasteiger partial charge on any atom is -0.332 e. The molecular weight excluding hydrogens is 220 g/mol. The number of nitrogens with zero attached hydrogens (tertiary/aromatic N) is 2. The van der Waals surface area contributed by atoms with E-state index in [4.69, 9.17) is 0 Å². The van der Waals surface area contributed by atoms with Crippen molar-refractivity contribution in [1.82, 2.24) is 0 Å². The predicted octanol–water partition coefficient (Wildman–Crippen LogP) is 1.16. The van der Waals surface area contributed by atoms with Crippen LogP contribution in [0.15, 0.2) is 34.8 Å². The molecule has 1 radical (unpaired) electrons. The van der Waals surface area contributed by atoms with E-state index in [0.717, 1.165) is 16.3 Å². The maximum absolute atomic E-state index is 11.2. The molecule has 16 heavy (non-hydrogen) atoms. The van der Waals surface area contributed by atoms with Crippen LogP contribution in [0.1, 0.15) is 6.42 Å². The molecule has 1 aromatic carbocycles. The van der Waals surface area contributed by atoms with E-state index in [2.05, 4.69) is 4.99 Å². The van der Waals surface area contributed by atoms with Crippen LogP contribution in [0.5, 0.6) is 0 Å². The third-order valence-electron chi connectivity index (χ3n) is 2.53. The second kappa shape index (κ2) is 3.79. The van der Waals surface area contributed by atoms with Gasteiger partial charge in [-0.05, 0) is 22.8 Å². The molecule has 2 aliphatic rings. The van der Waals surface area contributed by atoms with E-state index in [-0.39, 0.29) is 5.91 Å². The number of carbonyl (C=O) groups is 1. The van der Waals surface area contributed by atoms with Crippen molar-refractivity contribution in [2.45, 2.75) is 6.42 Å². The largest absolute Gasteiger partial charge is 0.332 e. The molecule has 1 amide bonds. The van der Waals surface area contributed by atoms with Gasteiger partial charge in [0.2, 0.25) is 5.91 Å². The van der Waals surface area contributed by atoms with E-state index < -0.39 is 0 Å². The molecule has 2 heterocycles. The third kappa shape index (κ3) is 1.65. The van der Waals surface area contributed by atoms with E-state index in [1.54, 1.807) is 11.8 Å². The molecule has 0 atom stereocenters. The lowest BCUT2D eigenvalue weighted by Crippen LogP contribution is -2.30. The van der Waals surface area contributed by atoms with Crippen LogP contribution in [0.25, 0.3) is 6.08 Å². The fourth-order valence-electron chi connectivity index (χ4n) is 1.72. The number of hydrogen-bond acceptors (Lipinski definition) is 3. The molecule has 79 valence electrons. The molecule has 2 aliphatic heterocycles. The molecule has 0 saturated heterocycles. The highest BCUT2D eigenvalue weighted by molar-refractivity contribution is 8.04. The van der Waals surface area contributed by atoms with Gasteiger partial charge < -0.3 is 4.90 Å². The van der Waals surface area contributed by atoms with Gasteiger partial charge in [0.05, 0.1) is 5.36 Å². The number of fused-ring (bicyclic) bond motifs is 1. The van der Waals surface area contributed by atoms with E-state index in [9.17, 15) is 4.79 Å². The summed E-state index contributed by atoms with van der Waals surface area (Å²) < 4.78 is 0. The highest BCUT2D eigenvalue weighted by Crippen LogP contribution is 2.25. The average Bonchev–Trinajstić information content (AvgIpc) is 2.81. The summed E-state index contributed by atoms with van der Waals surface area (Å²) in [4.78, 5) is 17.3. The first-order valence-corrected chi connectivity index (χ1v) is 5.93. The van der Waals surface area contributed by atoms with Crippen LogP contribution in [-0.4, -0.2) is 5.91 Å². The quantitative estimate of drug-likeness (QED) is 0.724. The van der Waals surface area contributed by atoms with Crippen LogP contribution in [0.2, 0.25) is 0 Å². The summed E-state index contributed by atoms with van der Waals surface area (Å²) in [6.07, 6.45) is 4.32. The Bertz CT molecular complexity index is 592. The van der Waals surface area contributed by atoms with Crippen LogP contribution in [0.4, 0.5) is 5.69 Å². The lowest BCUT2D eigenvalue weighted by Gasteiger charge is -2.14. The predicted molar refractivity (Wildman–Crippen MR) is 64.8 cm³/mol. The summed E-state index contributed by atoms with van der Waals surface area (Å²) >= 11 is 1.63. The Kier molecular flexibility index (Phi) is 2.29.